The lowest BCUT2D eigenvalue weighted by Crippen LogP contribution is -2.40. The summed E-state index contributed by atoms with van der Waals surface area (Å²) in [5.41, 5.74) is 0. The van der Waals surface area contributed by atoms with Crippen LogP contribution in [0.4, 0.5) is 0 Å². The van der Waals surface area contributed by atoms with Crippen molar-refractivity contribution in [3.05, 3.63) is 0 Å². The van der Waals surface area contributed by atoms with Crippen LogP contribution >= 0.6 is 0 Å². The van der Waals surface area contributed by atoms with E-state index in [2.05, 4.69) is 0 Å². The molecule has 0 aliphatic heterocycles. The minimum Gasteiger partial charge on any atom is -0.390 e. The first-order valence-electron chi connectivity index (χ1n) is 3.26. The normalized spacial score (nSPS) is 45.0. The fourth-order valence-electron chi connectivity index (χ4n) is 1.13. The molecule has 3 N–H and O–H groups in total. The van der Waals surface area contributed by atoms with Crippen LogP contribution in [0.1, 0.15) is 19.3 Å². The highest BCUT2D eigenvalue weighted by Gasteiger charge is 2.28. The van der Waals surface area contributed by atoms with Gasteiger partial charge in [0.25, 0.3) is 0 Å². The predicted octanol–water partition coefficient (Wildman–Crippen LogP) is -0.747. The molecule has 3 heteroatoms. The Bertz CT molecular complexity index is 84.3. The number of aliphatic hydroxyl groups excluding tert-OH is 3. The fraction of sp³-hybridized carbons (Fsp3) is 1.00. The van der Waals surface area contributed by atoms with Crippen LogP contribution in [0.2, 0.25) is 0 Å². The molecule has 2 atom stereocenters. The fourth-order valence-corrected chi connectivity index (χ4v) is 1.13. The summed E-state index contributed by atoms with van der Waals surface area (Å²) >= 11 is 0. The molecule has 0 saturated heterocycles. The van der Waals surface area contributed by atoms with E-state index < -0.39 is 18.3 Å². The molecule has 3 nitrogen and oxygen atoms in total. The van der Waals surface area contributed by atoms with Gasteiger partial charge in [0.15, 0.2) is 0 Å². The molecule has 2 unspecified atom stereocenters. The summed E-state index contributed by atoms with van der Waals surface area (Å²) in [6, 6.07) is 0. The third kappa shape index (κ3) is 1.41. The van der Waals surface area contributed by atoms with Crippen molar-refractivity contribution in [2.75, 3.05) is 0 Å². The van der Waals surface area contributed by atoms with Crippen molar-refractivity contribution < 1.29 is 15.3 Å². The Kier molecular flexibility index (Phi) is 2.05. The van der Waals surface area contributed by atoms with Gasteiger partial charge in [0.2, 0.25) is 0 Å². The Morgan fingerprint density at radius 2 is 1.33 bits per heavy atom. The van der Waals surface area contributed by atoms with Gasteiger partial charge in [0, 0.05) is 0 Å². The van der Waals surface area contributed by atoms with Crippen LogP contribution in [0.15, 0.2) is 0 Å². The van der Waals surface area contributed by atoms with Gasteiger partial charge in [-0.1, -0.05) is 0 Å². The maximum absolute atomic E-state index is 8.95. The van der Waals surface area contributed by atoms with Gasteiger partial charge in [-0.2, -0.15) is 0 Å². The molecule has 1 aliphatic carbocycles. The summed E-state index contributed by atoms with van der Waals surface area (Å²) in [6.45, 7) is 0. The standard InChI is InChI=1S/C6H12O3/c7-4-2-1-3-5(8)6(4)9/h4-9H,1-3H2. The smallest absolute Gasteiger partial charge is 0.106 e. The molecule has 0 aromatic carbocycles. The lowest BCUT2D eigenvalue weighted by Gasteiger charge is -2.27. The van der Waals surface area contributed by atoms with Gasteiger partial charge in [-0.05, 0) is 19.3 Å². The van der Waals surface area contributed by atoms with Gasteiger partial charge in [-0.25, -0.2) is 0 Å². The van der Waals surface area contributed by atoms with E-state index in [0.29, 0.717) is 12.8 Å². The van der Waals surface area contributed by atoms with E-state index in [1.165, 1.54) is 0 Å². The summed E-state index contributed by atoms with van der Waals surface area (Å²) in [7, 11) is 0. The molecule has 0 amide bonds. The quantitative estimate of drug-likeness (QED) is 0.406. The Morgan fingerprint density at radius 3 is 1.67 bits per heavy atom. The molecule has 0 aromatic heterocycles. The minimum atomic E-state index is -0.918. The highest BCUT2D eigenvalue weighted by atomic mass is 16.4. The Morgan fingerprint density at radius 1 is 0.889 bits per heavy atom. The van der Waals surface area contributed by atoms with Crippen molar-refractivity contribution in [1.29, 1.82) is 0 Å². The van der Waals surface area contributed by atoms with Gasteiger partial charge in [0.1, 0.15) is 6.10 Å². The van der Waals surface area contributed by atoms with Crippen LogP contribution in [0, 0.1) is 0 Å². The first kappa shape index (κ1) is 6.99. The lowest BCUT2D eigenvalue weighted by molar-refractivity contribution is -0.0843. The molecule has 1 fully saturated rings. The third-order valence-electron chi connectivity index (χ3n) is 1.79. The van der Waals surface area contributed by atoms with E-state index in [0.717, 1.165) is 6.42 Å². The summed E-state index contributed by atoms with van der Waals surface area (Å²) in [4.78, 5) is 0. The number of aliphatic hydroxyl groups is 3. The second-order valence-corrected chi connectivity index (χ2v) is 2.56. The Balaban J connectivity index is 2.41. The molecule has 1 aliphatic rings. The van der Waals surface area contributed by atoms with Gasteiger partial charge in [0.05, 0.1) is 12.2 Å². The second kappa shape index (κ2) is 2.64. The maximum Gasteiger partial charge on any atom is 0.106 e. The largest absolute Gasteiger partial charge is 0.390 e. The summed E-state index contributed by atoms with van der Waals surface area (Å²) in [5.74, 6) is 0. The SMILES string of the molecule is OC1CCCC(O)C1O. The molecular weight excluding hydrogens is 120 g/mol. The molecule has 0 spiro atoms. The zero-order chi connectivity index (χ0) is 6.85. The van der Waals surface area contributed by atoms with E-state index in [4.69, 9.17) is 15.3 Å². The van der Waals surface area contributed by atoms with Gasteiger partial charge >= 0.3 is 0 Å². The first-order chi connectivity index (χ1) is 4.22. The average molecular weight is 132 g/mol. The van der Waals surface area contributed by atoms with Crippen LogP contribution in [-0.2, 0) is 0 Å². The molecule has 0 bridgehead atoms. The van der Waals surface area contributed by atoms with Crippen molar-refractivity contribution >= 4 is 0 Å². The highest BCUT2D eigenvalue weighted by molar-refractivity contribution is 4.80. The Labute approximate surface area is 53.9 Å². The molecule has 0 radical (unpaired) electrons. The van der Waals surface area contributed by atoms with E-state index in [1.807, 2.05) is 0 Å². The van der Waals surface area contributed by atoms with E-state index >= 15 is 0 Å². The summed E-state index contributed by atoms with van der Waals surface area (Å²) in [6.07, 6.45) is -0.322. The van der Waals surface area contributed by atoms with E-state index in [9.17, 15) is 0 Å². The number of hydrogen-bond donors (Lipinski definition) is 3. The molecule has 0 heterocycles. The molecule has 0 aromatic rings. The molecule has 1 rings (SSSR count). The average Bonchev–Trinajstić information content (AvgIpc) is 1.83. The topological polar surface area (TPSA) is 60.7 Å². The summed E-state index contributed by atoms with van der Waals surface area (Å²) in [5, 5.41) is 26.8. The van der Waals surface area contributed by atoms with E-state index in [-0.39, 0.29) is 0 Å². The molecular formula is C6H12O3. The van der Waals surface area contributed by atoms with Crippen molar-refractivity contribution in [3.63, 3.8) is 0 Å². The van der Waals surface area contributed by atoms with Crippen molar-refractivity contribution in [1.82, 2.24) is 0 Å². The first-order valence-corrected chi connectivity index (χ1v) is 3.26. The number of hydrogen-bond acceptors (Lipinski definition) is 3. The lowest BCUT2D eigenvalue weighted by atomic mass is 9.92. The van der Waals surface area contributed by atoms with Gasteiger partial charge in [-0.3, -0.25) is 0 Å². The molecule has 9 heavy (non-hydrogen) atoms. The molecule has 1 saturated carbocycles. The zero-order valence-electron chi connectivity index (χ0n) is 5.20. The summed E-state index contributed by atoms with van der Waals surface area (Å²) < 4.78 is 0. The van der Waals surface area contributed by atoms with Crippen LogP contribution < -0.4 is 0 Å². The van der Waals surface area contributed by atoms with E-state index in [1.54, 1.807) is 0 Å². The maximum atomic E-state index is 8.95. The van der Waals surface area contributed by atoms with Crippen LogP contribution in [0.5, 0.6) is 0 Å². The molecule has 54 valence electrons. The van der Waals surface area contributed by atoms with Crippen molar-refractivity contribution in [2.24, 2.45) is 0 Å². The van der Waals surface area contributed by atoms with Crippen LogP contribution in [-0.4, -0.2) is 33.6 Å². The van der Waals surface area contributed by atoms with Crippen molar-refractivity contribution in [2.45, 2.75) is 37.6 Å². The van der Waals surface area contributed by atoms with Crippen molar-refractivity contribution in [3.8, 4) is 0 Å². The number of rotatable bonds is 0. The minimum absolute atomic E-state index is 0.609. The highest BCUT2D eigenvalue weighted by Crippen LogP contribution is 2.18. The predicted molar refractivity (Wildman–Crippen MR) is 31.9 cm³/mol. The second-order valence-electron chi connectivity index (χ2n) is 2.56. The van der Waals surface area contributed by atoms with Gasteiger partial charge in [-0.15, -0.1) is 0 Å². The monoisotopic (exact) mass is 132 g/mol. The van der Waals surface area contributed by atoms with Crippen LogP contribution in [0.25, 0.3) is 0 Å². The third-order valence-corrected chi connectivity index (χ3v) is 1.79. The Hall–Kier alpha value is -0.120. The zero-order valence-corrected chi connectivity index (χ0v) is 5.20. The van der Waals surface area contributed by atoms with Gasteiger partial charge < -0.3 is 15.3 Å². The van der Waals surface area contributed by atoms with Crippen LogP contribution in [0.3, 0.4) is 0 Å².